The second kappa shape index (κ2) is 15.9. The molecule has 10 N–H and O–H groups in total. The number of ether oxygens (including phenoxy) is 8. The first-order valence-electron chi connectivity index (χ1n) is 15.6. The molecular weight excluding hydrogens is 704 g/mol. The maximum atomic E-state index is 11.8. The Morgan fingerprint density at radius 1 is 0.788 bits per heavy atom. The number of phenols is 1. The average Bonchev–Trinajstić information content (AvgIpc) is 3.11. The van der Waals surface area contributed by atoms with E-state index < -0.39 is 105 Å². The quantitative estimate of drug-likeness (QED) is 0.0775. The summed E-state index contributed by atoms with van der Waals surface area (Å²) in [6, 6.07) is 2.65. The molecule has 1 aliphatic carbocycles. The van der Waals surface area contributed by atoms with Crippen LogP contribution < -0.4 is 9.47 Å². The Kier molecular flexibility index (Phi) is 11.8. The molecule has 5 rings (SSSR count). The van der Waals surface area contributed by atoms with Crippen LogP contribution in [-0.4, -0.2) is 158 Å². The lowest BCUT2D eigenvalue weighted by molar-refractivity contribution is -0.292. The summed E-state index contributed by atoms with van der Waals surface area (Å²) in [6.07, 6.45) is -16.0. The molecule has 0 saturated carbocycles. The molecular formula is C32H38O20. The zero-order valence-electron chi connectivity index (χ0n) is 27.4. The van der Waals surface area contributed by atoms with E-state index in [0.717, 1.165) is 6.08 Å². The summed E-state index contributed by atoms with van der Waals surface area (Å²) in [4.78, 5) is 22.7. The number of carboxylic acids is 1. The third kappa shape index (κ3) is 7.89. The molecule has 3 heterocycles. The Balaban J connectivity index is 1.54. The van der Waals surface area contributed by atoms with Crippen LogP contribution in [0, 0.1) is 0 Å². The predicted octanol–water partition coefficient (Wildman–Crippen LogP) is -2.60. The Hall–Kier alpha value is -4.64. The number of hydrogen-bond donors (Lipinski definition) is 10. The number of carboxylic acid groups (broad SMARTS) is 1. The third-order valence-electron chi connectivity index (χ3n) is 8.40. The highest BCUT2D eigenvalue weighted by Gasteiger charge is 2.48. The molecule has 0 radical (unpaired) electrons. The zero-order valence-corrected chi connectivity index (χ0v) is 27.4. The minimum absolute atomic E-state index is 0.0660. The molecule has 1 aromatic rings. The van der Waals surface area contributed by atoms with Crippen molar-refractivity contribution in [2.24, 2.45) is 0 Å². The van der Waals surface area contributed by atoms with Crippen molar-refractivity contribution < 1.29 is 98.5 Å². The minimum atomic E-state index is -1.95. The fraction of sp³-hybridized carbons (Fsp3) is 0.500. The van der Waals surface area contributed by atoms with Gasteiger partial charge in [0.25, 0.3) is 0 Å². The second-order valence-electron chi connectivity index (χ2n) is 11.9. The molecule has 2 saturated heterocycles. The van der Waals surface area contributed by atoms with E-state index in [4.69, 9.17) is 43.0 Å². The van der Waals surface area contributed by atoms with Gasteiger partial charge in [0.2, 0.25) is 18.3 Å². The number of methoxy groups -OCH3 is 2. The number of aliphatic carboxylic acids is 1. The van der Waals surface area contributed by atoms with Crippen molar-refractivity contribution in [3.8, 4) is 17.2 Å². The van der Waals surface area contributed by atoms with Crippen LogP contribution in [-0.2, 0) is 38.0 Å². The van der Waals surface area contributed by atoms with Gasteiger partial charge in [-0.05, 0) is 18.2 Å². The van der Waals surface area contributed by atoms with Gasteiger partial charge in [-0.2, -0.15) is 0 Å². The minimum Gasteiger partial charge on any atom is -0.508 e. The number of aromatic hydroxyl groups is 1. The molecule has 1 aromatic carbocycles. The molecule has 4 aliphatic rings. The number of fused-ring (bicyclic) bond motifs is 1. The number of hydrogen-bond acceptors (Lipinski definition) is 19. The first kappa shape index (κ1) is 38.6. The number of aliphatic hydroxyl groups is 8. The zero-order chi connectivity index (χ0) is 38.0. The molecule has 20 heteroatoms. The molecule has 286 valence electrons. The van der Waals surface area contributed by atoms with E-state index in [-0.39, 0.29) is 45.7 Å². The molecule has 0 aromatic heterocycles. The molecule has 0 spiro atoms. The highest BCUT2D eigenvalue weighted by atomic mass is 16.7. The van der Waals surface area contributed by atoms with E-state index in [2.05, 4.69) is 0 Å². The highest BCUT2D eigenvalue weighted by Crippen LogP contribution is 2.44. The predicted molar refractivity (Wildman–Crippen MR) is 166 cm³/mol. The third-order valence-corrected chi connectivity index (χ3v) is 8.40. The monoisotopic (exact) mass is 742 g/mol. The van der Waals surface area contributed by atoms with Crippen molar-refractivity contribution in [2.75, 3.05) is 27.4 Å². The summed E-state index contributed by atoms with van der Waals surface area (Å²) in [7, 11) is 2.53. The number of allylic oxidation sites excluding steroid dienone is 2. The lowest BCUT2D eigenvalue weighted by Crippen LogP contribution is -2.59. The summed E-state index contributed by atoms with van der Waals surface area (Å²) in [5, 5.41) is 103. The summed E-state index contributed by atoms with van der Waals surface area (Å²) in [6.45, 7) is -1.50. The molecule has 3 aliphatic heterocycles. The molecule has 20 nitrogen and oxygen atoms in total. The Bertz CT molecular complexity index is 1610. The number of carbonyl (C=O) groups is 2. The van der Waals surface area contributed by atoms with Crippen LogP contribution in [0.4, 0.5) is 0 Å². The standard InChI is InChI=1S/C32H38O20/c1-45-16-3-11(4-17(46-2)23(16)38)30-18(50-32-29(44)27(42)25(40)20(52-32)10-47-22(37)8-21(35)36)7-13-14(48-30)5-12(34)6-15(13)49-31-28(43)26(41)24(39)19(9-33)51-31/h3-7,14,19-20,24-29,31-34,38-44H,8-10H2,1-2H3,(H,35,36). The van der Waals surface area contributed by atoms with Crippen molar-refractivity contribution in [1.29, 1.82) is 0 Å². The molecule has 0 amide bonds. The number of carbonyl (C=O) groups excluding carboxylic acids is 1. The van der Waals surface area contributed by atoms with Crippen molar-refractivity contribution >= 4 is 17.7 Å². The van der Waals surface area contributed by atoms with Crippen LogP contribution in [0.5, 0.6) is 17.2 Å². The average molecular weight is 743 g/mol. The van der Waals surface area contributed by atoms with E-state index in [1.54, 1.807) is 0 Å². The van der Waals surface area contributed by atoms with Crippen LogP contribution in [0.2, 0.25) is 0 Å². The molecule has 11 unspecified atom stereocenters. The normalized spacial score (nSPS) is 33.0. The molecule has 2 fully saturated rings. The van der Waals surface area contributed by atoms with Gasteiger partial charge in [0, 0.05) is 23.3 Å². The number of benzene rings is 1. The molecule has 52 heavy (non-hydrogen) atoms. The lowest BCUT2D eigenvalue weighted by atomic mass is 9.96. The van der Waals surface area contributed by atoms with Gasteiger partial charge < -0.3 is 89.0 Å². The van der Waals surface area contributed by atoms with Gasteiger partial charge in [-0.15, -0.1) is 0 Å². The van der Waals surface area contributed by atoms with Gasteiger partial charge in [-0.3, -0.25) is 9.59 Å². The first-order chi connectivity index (χ1) is 24.7. The first-order valence-corrected chi connectivity index (χ1v) is 15.6. The summed E-state index contributed by atoms with van der Waals surface area (Å²) < 4.78 is 44.5. The van der Waals surface area contributed by atoms with Crippen molar-refractivity contribution in [2.45, 2.75) is 73.9 Å². The topological polar surface area (TPSA) is 310 Å². The van der Waals surface area contributed by atoms with E-state index in [0.29, 0.717) is 0 Å². The molecule has 11 atom stereocenters. The fourth-order valence-electron chi connectivity index (χ4n) is 5.63. The number of rotatable bonds is 12. The van der Waals surface area contributed by atoms with Crippen LogP contribution in [0.1, 0.15) is 12.0 Å². The van der Waals surface area contributed by atoms with E-state index in [1.165, 1.54) is 38.5 Å². The smallest absolute Gasteiger partial charge is 0.317 e. The van der Waals surface area contributed by atoms with Crippen molar-refractivity contribution in [3.63, 3.8) is 0 Å². The molecule has 0 bridgehead atoms. The van der Waals surface area contributed by atoms with Gasteiger partial charge in [-0.25, -0.2) is 0 Å². The Labute approximate surface area is 293 Å². The second-order valence-corrected chi connectivity index (χ2v) is 11.9. The summed E-state index contributed by atoms with van der Waals surface area (Å²) >= 11 is 0. The number of phenolic OH excluding ortho intramolecular Hbond substituents is 1. The highest BCUT2D eigenvalue weighted by molar-refractivity contribution is 5.90. The van der Waals surface area contributed by atoms with Crippen molar-refractivity contribution in [1.82, 2.24) is 0 Å². The summed E-state index contributed by atoms with van der Waals surface area (Å²) in [5.74, 6) is -4.25. The van der Waals surface area contributed by atoms with E-state index in [9.17, 15) is 55.5 Å². The summed E-state index contributed by atoms with van der Waals surface area (Å²) in [5.41, 5.74) is 0.192. The van der Waals surface area contributed by atoms with Crippen LogP contribution >= 0.6 is 0 Å². The Morgan fingerprint density at radius 2 is 1.37 bits per heavy atom. The van der Waals surface area contributed by atoms with Crippen LogP contribution in [0.3, 0.4) is 0 Å². The van der Waals surface area contributed by atoms with Crippen molar-refractivity contribution in [3.05, 3.63) is 58.8 Å². The SMILES string of the molecule is COc1cc(C2=C(OC3OC(COC(=O)CC(=O)O)C(O)C(O)C3O)C=C3C(OC4OC(CO)C(O)C(O)C4O)=CC(O)=CC3O2)cc(OC)c1O. The van der Waals surface area contributed by atoms with Crippen LogP contribution in [0.25, 0.3) is 5.76 Å². The van der Waals surface area contributed by atoms with Gasteiger partial charge in [0.1, 0.15) is 79.5 Å². The fourth-order valence-corrected chi connectivity index (χ4v) is 5.63. The van der Waals surface area contributed by atoms with E-state index >= 15 is 0 Å². The van der Waals surface area contributed by atoms with E-state index in [1.807, 2.05) is 0 Å². The largest absolute Gasteiger partial charge is 0.508 e. The number of esters is 1. The number of aliphatic hydroxyl groups excluding tert-OH is 8. The van der Waals surface area contributed by atoms with Gasteiger partial charge in [0.05, 0.1) is 20.8 Å². The van der Waals surface area contributed by atoms with Gasteiger partial charge >= 0.3 is 11.9 Å². The maximum absolute atomic E-state index is 11.8. The Morgan fingerprint density at radius 3 is 1.94 bits per heavy atom. The lowest BCUT2D eigenvalue weighted by Gasteiger charge is -2.41. The van der Waals surface area contributed by atoms with Gasteiger partial charge in [0.15, 0.2) is 23.0 Å². The maximum Gasteiger partial charge on any atom is 0.317 e. The van der Waals surface area contributed by atoms with Gasteiger partial charge in [-0.1, -0.05) is 0 Å². The van der Waals surface area contributed by atoms with Crippen LogP contribution in [0.15, 0.2) is 53.2 Å².